The van der Waals surface area contributed by atoms with Gasteiger partial charge in [-0.15, -0.1) is 0 Å². The summed E-state index contributed by atoms with van der Waals surface area (Å²) in [7, 11) is 1.76. The normalized spacial score (nSPS) is 11.1. The predicted molar refractivity (Wildman–Crippen MR) is 69.2 cm³/mol. The van der Waals surface area contributed by atoms with E-state index in [-0.39, 0.29) is 11.7 Å². The van der Waals surface area contributed by atoms with Crippen molar-refractivity contribution in [3.8, 4) is 6.07 Å². The van der Waals surface area contributed by atoms with Crippen molar-refractivity contribution in [2.45, 2.75) is 38.3 Å². The van der Waals surface area contributed by atoms with Gasteiger partial charge in [-0.05, 0) is 27.7 Å². The molecule has 0 N–H and O–H groups in total. The molecule has 0 aliphatic rings. The van der Waals surface area contributed by atoms with Crippen LogP contribution in [0.3, 0.4) is 0 Å². The molecule has 98 valence electrons. The number of nitriles is 1. The lowest BCUT2D eigenvalue weighted by molar-refractivity contribution is -0.151. The molecule has 0 amide bonds. The maximum Gasteiger partial charge on any atom is 0.316 e. The van der Waals surface area contributed by atoms with E-state index in [1.54, 1.807) is 18.7 Å². The number of esters is 1. The fraction of sp³-hybridized carbons (Fsp3) is 0.583. The van der Waals surface area contributed by atoms with Crippen LogP contribution in [0.4, 0.5) is 0 Å². The van der Waals surface area contributed by atoms with Crippen LogP contribution in [0.5, 0.6) is 0 Å². The van der Waals surface area contributed by atoms with Gasteiger partial charge in [-0.1, -0.05) is 11.8 Å². The van der Waals surface area contributed by atoms with Gasteiger partial charge in [0.1, 0.15) is 22.3 Å². The first-order valence-corrected chi connectivity index (χ1v) is 6.51. The molecule has 0 atom stereocenters. The quantitative estimate of drug-likeness (QED) is 0.619. The van der Waals surface area contributed by atoms with Crippen molar-refractivity contribution in [1.82, 2.24) is 9.78 Å². The van der Waals surface area contributed by atoms with E-state index in [0.29, 0.717) is 16.3 Å². The SMILES string of the molecule is Cc1nn(C)c(SCC(=O)OC(C)(C)C)c1C#N. The average molecular weight is 267 g/mol. The zero-order valence-corrected chi connectivity index (χ0v) is 12.1. The molecule has 0 fully saturated rings. The Hall–Kier alpha value is -1.48. The van der Waals surface area contributed by atoms with E-state index < -0.39 is 5.60 Å². The van der Waals surface area contributed by atoms with E-state index in [1.807, 2.05) is 20.8 Å². The molecule has 0 aliphatic carbocycles. The summed E-state index contributed by atoms with van der Waals surface area (Å²) in [6.45, 7) is 7.25. The summed E-state index contributed by atoms with van der Waals surface area (Å²) in [6.07, 6.45) is 0. The zero-order valence-electron chi connectivity index (χ0n) is 11.3. The van der Waals surface area contributed by atoms with Gasteiger partial charge < -0.3 is 4.74 Å². The summed E-state index contributed by atoms with van der Waals surface area (Å²) in [5, 5.41) is 13.9. The van der Waals surface area contributed by atoms with E-state index in [4.69, 9.17) is 10.00 Å². The summed E-state index contributed by atoms with van der Waals surface area (Å²) in [5.41, 5.74) is 0.704. The lowest BCUT2D eigenvalue weighted by Crippen LogP contribution is -2.25. The number of aryl methyl sites for hydroxylation is 2. The summed E-state index contributed by atoms with van der Waals surface area (Å²) in [5.74, 6) is -0.125. The Kier molecular flexibility index (Phi) is 4.41. The second-order valence-electron chi connectivity index (χ2n) is 4.88. The van der Waals surface area contributed by atoms with E-state index in [9.17, 15) is 4.79 Å². The monoisotopic (exact) mass is 267 g/mol. The topological polar surface area (TPSA) is 67.9 Å². The highest BCUT2D eigenvalue weighted by molar-refractivity contribution is 8.00. The number of thioether (sulfide) groups is 1. The maximum absolute atomic E-state index is 11.6. The molecule has 18 heavy (non-hydrogen) atoms. The molecule has 0 spiro atoms. The van der Waals surface area contributed by atoms with Gasteiger partial charge in [-0.3, -0.25) is 9.48 Å². The van der Waals surface area contributed by atoms with Crippen LogP contribution in [0.2, 0.25) is 0 Å². The number of ether oxygens (including phenoxy) is 1. The van der Waals surface area contributed by atoms with Crippen molar-refractivity contribution >= 4 is 17.7 Å². The smallest absolute Gasteiger partial charge is 0.316 e. The lowest BCUT2D eigenvalue weighted by Gasteiger charge is -2.19. The highest BCUT2D eigenvalue weighted by Gasteiger charge is 2.19. The minimum Gasteiger partial charge on any atom is -0.459 e. The maximum atomic E-state index is 11.6. The largest absolute Gasteiger partial charge is 0.459 e. The van der Waals surface area contributed by atoms with Gasteiger partial charge in [-0.25, -0.2) is 0 Å². The summed E-state index contributed by atoms with van der Waals surface area (Å²) in [4.78, 5) is 11.6. The highest BCUT2D eigenvalue weighted by Crippen LogP contribution is 2.24. The van der Waals surface area contributed by atoms with Crippen molar-refractivity contribution < 1.29 is 9.53 Å². The van der Waals surface area contributed by atoms with Crippen LogP contribution < -0.4 is 0 Å². The Morgan fingerprint density at radius 1 is 1.56 bits per heavy atom. The Balaban J connectivity index is 2.70. The van der Waals surface area contributed by atoms with Gasteiger partial charge in [0.15, 0.2) is 0 Å². The van der Waals surface area contributed by atoms with Gasteiger partial charge in [0.05, 0.1) is 11.4 Å². The van der Waals surface area contributed by atoms with Crippen molar-refractivity contribution in [1.29, 1.82) is 5.26 Å². The zero-order chi connectivity index (χ0) is 13.9. The van der Waals surface area contributed by atoms with Crippen LogP contribution >= 0.6 is 11.8 Å². The molecule has 0 aliphatic heterocycles. The first-order chi connectivity index (χ1) is 8.24. The van der Waals surface area contributed by atoms with Gasteiger partial charge in [0.2, 0.25) is 0 Å². The second-order valence-corrected chi connectivity index (χ2v) is 5.84. The van der Waals surface area contributed by atoms with E-state index >= 15 is 0 Å². The third-order valence-electron chi connectivity index (χ3n) is 2.03. The van der Waals surface area contributed by atoms with E-state index in [0.717, 1.165) is 0 Å². The Morgan fingerprint density at radius 3 is 2.67 bits per heavy atom. The van der Waals surface area contributed by atoms with Crippen molar-refractivity contribution in [3.05, 3.63) is 11.3 Å². The number of hydrogen-bond acceptors (Lipinski definition) is 5. The van der Waals surface area contributed by atoms with Gasteiger partial charge in [0.25, 0.3) is 0 Å². The summed E-state index contributed by atoms with van der Waals surface area (Å²) < 4.78 is 6.82. The van der Waals surface area contributed by atoms with Crippen LogP contribution in [0.15, 0.2) is 5.03 Å². The third-order valence-corrected chi connectivity index (χ3v) is 3.15. The fourth-order valence-corrected chi connectivity index (χ4v) is 2.31. The van der Waals surface area contributed by atoms with Crippen LogP contribution in [-0.2, 0) is 16.6 Å². The minimum absolute atomic E-state index is 0.172. The molecule has 5 nitrogen and oxygen atoms in total. The van der Waals surface area contributed by atoms with Crippen LogP contribution in [0.1, 0.15) is 32.0 Å². The fourth-order valence-electron chi connectivity index (χ4n) is 1.43. The molecule has 0 saturated carbocycles. The Morgan fingerprint density at radius 2 is 2.17 bits per heavy atom. The molecule has 1 aromatic rings. The first kappa shape index (κ1) is 14.6. The number of carbonyl (C=O) groups excluding carboxylic acids is 1. The van der Waals surface area contributed by atoms with Crippen LogP contribution in [0, 0.1) is 18.3 Å². The van der Waals surface area contributed by atoms with Crippen LogP contribution in [-0.4, -0.2) is 27.1 Å². The average Bonchev–Trinajstić information content (AvgIpc) is 2.47. The second kappa shape index (κ2) is 5.44. The van der Waals surface area contributed by atoms with E-state index in [2.05, 4.69) is 11.2 Å². The minimum atomic E-state index is -0.488. The number of nitrogens with zero attached hydrogens (tertiary/aromatic N) is 3. The Labute approximate surface area is 111 Å². The molecule has 0 aromatic carbocycles. The molecule has 0 saturated heterocycles. The predicted octanol–water partition coefficient (Wildman–Crippen LogP) is 2.03. The molecular formula is C12H17N3O2S. The molecule has 0 bridgehead atoms. The number of carbonyl (C=O) groups is 1. The first-order valence-electron chi connectivity index (χ1n) is 5.53. The molecule has 1 heterocycles. The summed E-state index contributed by atoms with van der Waals surface area (Å²) >= 11 is 1.27. The molecule has 1 aromatic heterocycles. The third kappa shape index (κ3) is 3.77. The van der Waals surface area contributed by atoms with Crippen molar-refractivity contribution in [2.75, 3.05) is 5.75 Å². The van der Waals surface area contributed by atoms with Crippen molar-refractivity contribution in [2.24, 2.45) is 7.05 Å². The number of rotatable bonds is 3. The summed E-state index contributed by atoms with van der Waals surface area (Å²) in [6, 6.07) is 2.10. The Bertz CT molecular complexity index is 495. The van der Waals surface area contributed by atoms with Gasteiger partial charge in [-0.2, -0.15) is 10.4 Å². The number of aromatic nitrogens is 2. The molecule has 0 radical (unpaired) electrons. The van der Waals surface area contributed by atoms with E-state index in [1.165, 1.54) is 11.8 Å². The van der Waals surface area contributed by atoms with Crippen LogP contribution in [0.25, 0.3) is 0 Å². The standard InChI is InChI=1S/C12H17N3O2S/c1-8-9(6-13)11(15(5)14-8)18-7-10(16)17-12(2,3)4/h7H2,1-5H3. The van der Waals surface area contributed by atoms with Crippen molar-refractivity contribution in [3.63, 3.8) is 0 Å². The lowest BCUT2D eigenvalue weighted by atomic mass is 10.2. The molecule has 1 rings (SSSR count). The highest BCUT2D eigenvalue weighted by atomic mass is 32.2. The van der Waals surface area contributed by atoms with Gasteiger partial charge in [0, 0.05) is 7.05 Å². The number of hydrogen-bond donors (Lipinski definition) is 0. The van der Waals surface area contributed by atoms with Gasteiger partial charge >= 0.3 is 5.97 Å². The molecule has 0 unspecified atom stereocenters. The molecular weight excluding hydrogens is 250 g/mol. The molecule has 6 heteroatoms.